The lowest BCUT2D eigenvalue weighted by Gasteiger charge is -2.00. The lowest BCUT2D eigenvalue weighted by Crippen LogP contribution is -2.00. The minimum absolute atomic E-state index is 0.380. The topological polar surface area (TPSA) is 43.6 Å². The summed E-state index contributed by atoms with van der Waals surface area (Å²) in [5.74, 6) is 1.51. The molecule has 0 saturated heterocycles. The minimum Gasteiger partial charge on any atom is -0.259 e. The molecule has 2 aromatic rings. The van der Waals surface area contributed by atoms with Gasteiger partial charge in [0.1, 0.15) is 5.15 Å². The molecular formula is C11H10Cl2N4. The second-order valence-corrected chi connectivity index (χ2v) is 4.66. The molecule has 1 aliphatic rings. The van der Waals surface area contributed by atoms with Gasteiger partial charge in [0.2, 0.25) is 0 Å². The quantitative estimate of drug-likeness (QED) is 0.804. The Labute approximate surface area is 109 Å². The van der Waals surface area contributed by atoms with E-state index in [9.17, 15) is 0 Å². The maximum Gasteiger partial charge on any atom is 0.173 e. The molecular weight excluding hydrogens is 259 g/mol. The van der Waals surface area contributed by atoms with Crippen LogP contribution in [0.15, 0.2) is 18.6 Å². The maximum atomic E-state index is 6.28. The van der Waals surface area contributed by atoms with Crippen LogP contribution >= 0.6 is 23.2 Å². The van der Waals surface area contributed by atoms with Crippen LogP contribution in [-0.2, 0) is 5.88 Å². The second-order valence-electron chi connectivity index (χ2n) is 4.04. The monoisotopic (exact) mass is 268 g/mol. The lowest BCUT2D eigenvalue weighted by atomic mass is 10.2. The number of halogens is 2. The first kappa shape index (κ1) is 11.0. The Hall–Kier alpha value is -1.13. The number of hydrogen-bond donors (Lipinski definition) is 0. The summed E-state index contributed by atoms with van der Waals surface area (Å²) in [6.07, 6.45) is 7.19. The highest BCUT2D eigenvalue weighted by molar-refractivity contribution is 6.31. The average molecular weight is 269 g/mol. The molecule has 2 heterocycles. The second kappa shape index (κ2) is 4.27. The molecule has 0 atom stereocenters. The van der Waals surface area contributed by atoms with Crippen molar-refractivity contribution in [3.05, 3.63) is 35.0 Å². The number of aromatic nitrogens is 4. The molecule has 0 amide bonds. The average Bonchev–Trinajstić information content (AvgIpc) is 3.15. The molecule has 0 aromatic carbocycles. The molecule has 0 radical (unpaired) electrons. The van der Waals surface area contributed by atoms with Gasteiger partial charge in [-0.2, -0.15) is 5.10 Å². The Kier molecular flexibility index (Phi) is 2.76. The highest BCUT2D eigenvalue weighted by Crippen LogP contribution is 2.43. The first-order valence-electron chi connectivity index (χ1n) is 5.41. The molecule has 0 aliphatic heterocycles. The van der Waals surface area contributed by atoms with Crippen LogP contribution in [0.5, 0.6) is 0 Å². The van der Waals surface area contributed by atoms with Crippen LogP contribution in [0.2, 0.25) is 5.15 Å². The van der Waals surface area contributed by atoms with E-state index in [-0.39, 0.29) is 0 Å². The third-order valence-corrected chi connectivity index (χ3v) is 3.47. The minimum atomic E-state index is 0.380. The van der Waals surface area contributed by atoms with Crippen molar-refractivity contribution in [2.24, 2.45) is 0 Å². The Morgan fingerprint density at radius 3 is 2.76 bits per heavy atom. The molecule has 0 bridgehead atoms. The van der Waals surface area contributed by atoms with Gasteiger partial charge >= 0.3 is 0 Å². The molecule has 17 heavy (non-hydrogen) atoms. The van der Waals surface area contributed by atoms with Crippen molar-refractivity contribution in [1.82, 2.24) is 19.7 Å². The highest BCUT2D eigenvalue weighted by Gasteiger charge is 2.31. The summed E-state index contributed by atoms with van der Waals surface area (Å²) in [4.78, 5) is 8.20. The third-order valence-electron chi connectivity index (χ3n) is 2.82. The van der Waals surface area contributed by atoms with Gasteiger partial charge in [0.25, 0.3) is 0 Å². The van der Waals surface area contributed by atoms with Gasteiger partial charge in [-0.1, -0.05) is 11.6 Å². The van der Waals surface area contributed by atoms with Gasteiger partial charge in [0, 0.05) is 23.9 Å². The Bertz CT molecular complexity index is 534. The van der Waals surface area contributed by atoms with Gasteiger partial charge in [0.15, 0.2) is 5.82 Å². The highest BCUT2D eigenvalue weighted by atomic mass is 35.5. The molecule has 4 nitrogen and oxygen atoms in total. The van der Waals surface area contributed by atoms with E-state index in [1.807, 2.05) is 0 Å². The van der Waals surface area contributed by atoms with Gasteiger partial charge < -0.3 is 0 Å². The molecule has 88 valence electrons. The van der Waals surface area contributed by atoms with Crippen LogP contribution in [0.1, 0.15) is 30.0 Å². The van der Waals surface area contributed by atoms with Crippen molar-refractivity contribution < 1.29 is 0 Å². The van der Waals surface area contributed by atoms with E-state index in [2.05, 4.69) is 15.1 Å². The predicted octanol–water partition coefficient (Wildman–Crippen LogP) is 2.93. The van der Waals surface area contributed by atoms with Crippen LogP contribution < -0.4 is 0 Å². The standard InChI is InChI=1S/C11H10Cl2N4/c12-5-8-10(7-1-2-7)16-17(11(8)13)9-6-14-3-4-15-9/h3-4,6-7H,1-2,5H2. The normalized spacial score (nSPS) is 15.2. The van der Waals surface area contributed by atoms with Crippen LogP contribution in [0.25, 0.3) is 5.82 Å². The zero-order valence-corrected chi connectivity index (χ0v) is 10.5. The Balaban J connectivity index is 2.11. The Morgan fingerprint density at radius 2 is 2.18 bits per heavy atom. The third kappa shape index (κ3) is 1.91. The van der Waals surface area contributed by atoms with Crippen molar-refractivity contribution in [2.45, 2.75) is 24.6 Å². The first-order valence-corrected chi connectivity index (χ1v) is 6.32. The fourth-order valence-electron chi connectivity index (χ4n) is 1.81. The smallest absolute Gasteiger partial charge is 0.173 e. The van der Waals surface area contributed by atoms with Crippen LogP contribution in [0.4, 0.5) is 0 Å². The van der Waals surface area contributed by atoms with Crippen LogP contribution in [-0.4, -0.2) is 19.7 Å². The SMILES string of the molecule is ClCc1c(C2CC2)nn(-c2cnccn2)c1Cl. The van der Waals surface area contributed by atoms with Gasteiger partial charge in [-0.3, -0.25) is 4.98 Å². The first-order chi connectivity index (χ1) is 8.31. The van der Waals surface area contributed by atoms with Crippen molar-refractivity contribution in [3.8, 4) is 5.82 Å². The van der Waals surface area contributed by atoms with Crippen LogP contribution in [0.3, 0.4) is 0 Å². The van der Waals surface area contributed by atoms with Gasteiger partial charge in [-0.25, -0.2) is 9.67 Å². The number of alkyl halides is 1. The maximum absolute atomic E-state index is 6.28. The molecule has 1 saturated carbocycles. The summed E-state index contributed by atoms with van der Waals surface area (Å²) in [6.45, 7) is 0. The molecule has 0 spiro atoms. The van der Waals surface area contributed by atoms with E-state index < -0.39 is 0 Å². The summed E-state index contributed by atoms with van der Waals surface area (Å²) in [7, 11) is 0. The summed E-state index contributed by atoms with van der Waals surface area (Å²) in [6, 6.07) is 0. The fraction of sp³-hybridized carbons (Fsp3) is 0.364. The molecule has 0 N–H and O–H groups in total. The molecule has 6 heteroatoms. The van der Waals surface area contributed by atoms with Crippen molar-refractivity contribution >= 4 is 23.2 Å². The molecule has 1 aliphatic carbocycles. The van der Waals surface area contributed by atoms with Gasteiger partial charge in [0.05, 0.1) is 17.8 Å². The zero-order chi connectivity index (χ0) is 11.8. The van der Waals surface area contributed by atoms with Crippen LogP contribution in [0, 0.1) is 0 Å². The predicted molar refractivity (Wildman–Crippen MR) is 65.7 cm³/mol. The number of nitrogens with zero attached hydrogens (tertiary/aromatic N) is 4. The summed E-state index contributed by atoms with van der Waals surface area (Å²) < 4.78 is 1.61. The van der Waals surface area contributed by atoms with E-state index in [0.717, 1.165) is 24.1 Å². The van der Waals surface area contributed by atoms with Gasteiger partial charge in [-0.05, 0) is 12.8 Å². The van der Waals surface area contributed by atoms with E-state index >= 15 is 0 Å². The van der Waals surface area contributed by atoms with E-state index in [0.29, 0.717) is 22.8 Å². The lowest BCUT2D eigenvalue weighted by molar-refractivity contribution is 0.807. The summed E-state index contributed by atoms with van der Waals surface area (Å²) in [5.41, 5.74) is 1.93. The van der Waals surface area contributed by atoms with Gasteiger partial charge in [-0.15, -0.1) is 11.6 Å². The molecule has 2 aromatic heterocycles. The molecule has 0 unspecified atom stereocenters. The van der Waals surface area contributed by atoms with Crippen molar-refractivity contribution in [3.63, 3.8) is 0 Å². The fourth-order valence-corrected chi connectivity index (χ4v) is 2.43. The largest absolute Gasteiger partial charge is 0.259 e. The van der Waals surface area contributed by atoms with E-state index in [4.69, 9.17) is 23.2 Å². The zero-order valence-electron chi connectivity index (χ0n) is 8.98. The Morgan fingerprint density at radius 1 is 1.35 bits per heavy atom. The summed E-state index contributed by atoms with van der Waals surface area (Å²) >= 11 is 12.2. The molecule has 3 rings (SSSR count). The van der Waals surface area contributed by atoms with E-state index in [1.54, 1.807) is 23.3 Å². The van der Waals surface area contributed by atoms with Crippen molar-refractivity contribution in [1.29, 1.82) is 0 Å². The van der Waals surface area contributed by atoms with E-state index in [1.165, 1.54) is 0 Å². The molecule has 1 fully saturated rings. The number of rotatable bonds is 3. The van der Waals surface area contributed by atoms with Crippen molar-refractivity contribution in [2.75, 3.05) is 0 Å². The summed E-state index contributed by atoms with van der Waals surface area (Å²) in [5, 5.41) is 5.05. The number of hydrogen-bond acceptors (Lipinski definition) is 3.